The first kappa shape index (κ1) is 7.67. The standard InChI is InChI=1S/C7H12O/c1-3-5-6-7(8)4-2/h1-6H2. The van der Waals surface area contributed by atoms with Crippen molar-refractivity contribution in [2.45, 2.75) is 25.7 Å². The van der Waals surface area contributed by atoms with Crippen LogP contribution in [0.3, 0.4) is 0 Å². The van der Waals surface area contributed by atoms with Gasteiger partial charge in [-0.3, -0.25) is 4.79 Å². The van der Waals surface area contributed by atoms with Gasteiger partial charge in [0.15, 0.2) is 0 Å². The molecule has 0 saturated heterocycles. The van der Waals surface area contributed by atoms with Crippen molar-refractivity contribution < 1.29 is 4.79 Å². The number of carbonyl (C=O) groups is 1. The van der Waals surface area contributed by atoms with E-state index < -0.39 is 0 Å². The van der Waals surface area contributed by atoms with Gasteiger partial charge in [0.25, 0.3) is 0 Å². The summed E-state index contributed by atoms with van der Waals surface area (Å²) in [6, 6.07) is 0. The van der Waals surface area contributed by atoms with Gasteiger partial charge < -0.3 is 0 Å². The molecule has 1 heteroatoms. The van der Waals surface area contributed by atoms with Gasteiger partial charge in [-0.15, -0.1) is 0 Å². The minimum atomic E-state index is 0.244. The van der Waals surface area contributed by atoms with Crippen LogP contribution in [-0.2, 0) is 4.79 Å². The normalized spacial score (nSPS) is 9.25. The zero-order chi connectivity index (χ0) is 6.41. The van der Waals surface area contributed by atoms with Crippen LogP contribution >= 0.6 is 0 Å². The summed E-state index contributed by atoms with van der Waals surface area (Å²) in [6.45, 7) is 7.09. The Labute approximate surface area is 51.1 Å². The van der Waals surface area contributed by atoms with Gasteiger partial charge in [-0.05, 0) is 13.3 Å². The molecule has 0 N–H and O–H groups in total. The molecule has 0 fully saturated rings. The highest BCUT2D eigenvalue weighted by Crippen LogP contribution is 1.96. The number of hydrogen-bond acceptors (Lipinski definition) is 1. The average Bonchev–Trinajstić information content (AvgIpc) is 1.83. The van der Waals surface area contributed by atoms with Crippen LogP contribution < -0.4 is 0 Å². The van der Waals surface area contributed by atoms with E-state index in [1.54, 1.807) is 0 Å². The van der Waals surface area contributed by atoms with Crippen molar-refractivity contribution in [1.82, 2.24) is 0 Å². The summed E-state index contributed by atoms with van der Waals surface area (Å²) < 4.78 is 0. The van der Waals surface area contributed by atoms with Crippen LogP contribution in [0.5, 0.6) is 0 Å². The Morgan fingerprint density at radius 3 is 2.38 bits per heavy atom. The Kier molecular flexibility index (Phi) is 4.62. The average molecular weight is 112 g/mol. The van der Waals surface area contributed by atoms with E-state index in [1.807, 2.05) is 0 Å². The maximum Gasteiger partial charge on any atom is 0.132 e. The molecule has 0 bridgehead atoms. The van der Waals surface area contributed by atoms with Crippen LogP contribution in [0.2, 0.25) is 0 Å². The van der Waals surface area contributed by atoms with Crippen molar-refractivity contribution in [3.8, 4) is 0 Å². The van der Waals surface area contributed by atoms with Gasteiger partial charge in [-0.1, -0.05) is 13.3 Å². The van der Waals surface area contributed by atoms with Crippen LogP contribution in [0.15, 0.2) is 0 Å². The molecule has 0 spiro atoms. The van der Waals surface area contributed by atoms with E-state index in [4.69, 9.17) is 0 Å². The van der Waals surface area contributed by atoms with Gasteiger partial charge >= 0.3 is 0 Å². The van der Waals surface area contributed by atoms with Crippen molar-refractivity contribution in [3.05, 3.63) is 13.8 Å². The fraction of sp³-hybridized carbons (Fsp3) is 0.571. The smallest absolute Gasteiger partial charge is 0.132 e. The minimum Gasteiger partial charge on any atom is -0.300 e. The summed E-state index contributed by atoms with van der Waals surface area (Å²) in [5.74, 6) is 0.244. The number of carbonyl (C=O) groups excluding carboxylic acids is 1. The van der Waals surface area contributed by atoms with Crippen molar-refractivity contribution in [2.75, 3.05) is 0 Å². The molecule has 0 aromatic rings. The molecule has 0 saturated carbocycles. The van der Waals surface area contributed by atoms with E-state index in [0.717, 1.165) is 12.8 Å². The lowest BCUT2D eigenvalue weighted by molar-refractivity contribution is -0.118. The maximum absolute atomic E-state index is 10.5. The summed E-state index contributed by atoms with van der Waals surface area (Å²) >= 11 is 0. The number of hydrogen-bond donors (Lipinski definition) is 0. The lowest BCUT2D eigenvalue weighted by Gasteiger charge is -1.90. The summed E-state index contributed by atoms with van der Waals surface area (Å²) in [5.41, 5.74) is 0. The summed E-state index contributed by atoms with van der Waals surface area (Å²) in [7, 11) is 0. The van der Waals surface area contributed by atoms with Gasteiger partial charge in [0, 0.05) is 12.8 Å². The Morgan fingerprint density at radius 2 is 2.00 bits per heavy atom. The van der Waals surface area contributed by atoms with E-state index in [0.29, 0.717) is 12.8 Å². The number of rotatable bonds is 4. The first-order chi connectivity index (χ1) is 3.81. The van der Waals surface area contributed by atoms with Crippen molar-refractivity contribution in [3.63, 3.8) is 0 Å². The molecule has 2 radical (unpaired) electrons. The largest absolute Gasteiger partial charge is 0.300 e. The van der Waals surface area contributed by atoms with E-state index in [1.165, 1.54) is 0 Å². The Bertz CT molecular complexity index is 66.8. The minimum absolute atomic E-state index is 0.244. The van der Waals surface area contributed by atoms with Gasteiger partial charge in [0.2, 0.25) is 0 Å². The maximum atomic E-state index is 10.5. The van der Waals surface area contributed by atoms with Gasteiger partial charge in [0.05, 0.1) is 0 Å². The molecule has 1 nitrogen and oxygen atoms in total. The molecule has 8 heavy (non-hydrogen) atoms. The highest BCUT2D eigenvalue weighted by atomic mass is 16.1. The second-order valence-corrected chi connectivity index (χ2v) is 1.75. The predicted molar refractivity (Wildman–Crippen MR) is 34.2 cm³/mol. The van der Waals surface area contributed by atoms with Crippen LogP contribution in [0.25, 0.3) is 0 Å². The predicted octanol–water partition coefficient (Wildman–Crippen LogP) is 1.78. The Morgan fingerprint density at radius 1 is 1.38 bits per heavy atom. The molecule has 46 valence electrons. The highest BCUT2D eigenvalue weighted by molar-refractivity contribution is 5.78. The van der Waals surface area contributed by atoms with Crippen LogP contribution in [-0.4, -0.2) is 5.78 Å². The molecular weight excluding hydrogens is 100 g/mol. The third-order valence-corrected chi connectivity index (χ3v) is 0.984. The zero-order valence-electron chi connectivity index (χ0n) is 5.15. The monoisotopic (exact) mass is 112 g/mol. The SMILES string of the molecule is [CH2]CCCC(=O)C[CH2]. The quantitative estimate of drug-likeness (QED) is 0.541. The Hall–Kier alpha value is -0.330. The fourth-order valence-corrected chi connectivity index (χ4v) is 0.447. The molecule has 0 aliphatic rings. The van der Waals surface area contributed by atoms with Crippen molar-refractivity contribution in [2.24, 2.45) is 0 Å². The van der Waals surface area contributed by atoms with Crippen LogP contribution in [0.4, 0.5) is 0 Å². The number of ketones is 1. The number of Topliss-reactive ketones (excluding diaryl/α,β-unsaturated/α-hetero) is 1. The molecule has 0 aliphatic carbocycles. The van der Waals surface area contributed by atoms with E-state index in [-0.39, 0.29) is 5.78 Å². The topological polar surface area (TPSA) is 17.1 Å². The Balaban J connectivity index is 2.99. The van der Waals surface area contributed by atoms with Crippen molar-refractivity contribution in [1.29, 1.82) is 0 Å². The molecule has 0 amide bonds. The van der Waals surface area contributed by atoms with Gasteiger partial charge in [-0.25, -0.2) is 0 Å². The summed E-state index contributed by atoms with van der Waals surface area (Å²) in [6.07, 6.45) is 2.85. The van der Waals surface area contributed by atoms with Gasteiger partial charge in [-0.2, -0.15) is 0 Å². The first-order valence-electron chi connectivity index (χ1n) is 2.91. The zero-order valence-corrected chi connectivity index (χ0v) is 5.15. The highest BCUT2D eigenvalue weighted by Gasteiger charge is 1.93. The lowest BCUT2D eigenvalue weighted by atomic mass is 10.1. The molecule has 0 unspecified atom stereocenters. The molecule has 0 atom stereocenters. The van der Waals surface area contributed by atoms with Gasteiger partial charge in [0.1, 0.15) is 5.78 Å². The molecule has 0 aliphatic heterocycles. The lowest BCUT2D eigenvalue weighted by Crippen LogP contribution is -1.92. The molecular formula is C7H12O. The first-order valence-corrected chi connectivity index (χ1v) is 2.91. The third kappa shape index (κ3) is 3.85. The fourth-order valence-electron chi connectivity index (χ4n) is 0.447. The van der Waals surface area contributed by atoms with Crippen molar-refractivity contribution >= 4 is 5.78 Å². The number of unbranched alkanes of at least 4 members (excludes halogenated alkanes) is 1. The van der Waals surface area contributed by atoms with E-state index >= 15 is 0 Å². The molecule has 0 heterocycles. The molecule has 0 rings (SSSR count). The molecule has 0 aromatic heterocycles. The summed E-state index contributed by atoms with van der Waals surface area (Å²) in [4.78, 5) is 10.5. The molecule has 0 aromatic carbocycles. The van der Waals surface area contributed by atoms with E-state index in [2.05, 4.69) is 13.8 Å². The van der Waals surface area contributed by atoms with Crippen LogP contribution in [0.1, 0.15) is 25.7 Å². The second kappa shape index (κ2) is 4.82. The van der Waals surface area contributed by atoms with E-state index in [9.17, 15) is 4.79 Å². The third-order valence-electron chi connectivity index (χ3n) is 0.984. The van der Waals surface area contributed by atoms with Crippen LogP contribution in [0, 0.1) is 13.8 Å². The summed E-state index contributed by atoms with van der Waals surface area (Å²) in [5, 5.41) is 0. The second-order valence-electron chi connectivity index (χ2n) is 1.75.